The maximum atomic E-state index is 11.2. The van der Waals surface area contributed by atoms with E-state index in [1.54, 1.807) is 0 Å². The van der Waals surface area contributed by atoms with Gasteiger partial charge in [0.05, 0.1) is 11.8 Å². The fourth-order valence-corrected chi connectivity index (χ4v) is 0.844. The smallest absolute Gasteiger partial charge is 0.360 e. The van der Waals surface area contributed by atoms with Gasteiger partial charge in [-0.15, -0.1) is 0 Å². The van der Waals surface area contributed by atoms with Gasteiger partial charge < -0.3 is 14.6 Å². The van der Waals surface area contributed by atoms with Crippen LogP contribution in [0.2, 0.25) is 0 Å². The fourth-order valence-electron chi connectivity index (χ4n) is 0.844. The van der Waals surface area contributed by atoms with Crippen LogP contribution < -0.4 is 5.32 Å². The Bertz CT molecular complexity index is 268. The lowest BCUT2D eigenvalue weighted by atomic mass is 10.3. The predicted molar refractivity (Wildman–Crippen MR) is 44.1 cm³/mol. The first-order chi connectivity index (χ1) is 6.17. The van der Waals surface area contributed by atoms with E-state index in [1.165, 1.54) is 20.4 Å². The largest absolute Gasteiger partial charge is 0.515 e. The first kappa shape index (κ1) is 9.69. The molecule has 0 atom stereocenters. The number of aliphatic hydroxyl groups is 1. The van der Waals surface area contributed by atoms with Crippen LogP contribution in [0.25, 0.3) is 0 Å². The van der Waals surface area contributed by atoms with Crippen molar-refractivity contribution in [1.29, 1.82) is 0 Å². The summed E-state index contributed by atoms with van der Waals surface area (Å²) in [5, 5.41) is 10.9. The molecule has 0 saturated heterocycles. The van der Waals surface area contributed by atoms with Gasteiger partial charge in [-0.3, -0.25) is 10.1 Å². The number of aliphatic imine (C=N–C) groups is 1. The van der Waals surface area contributed by atoms with Gasteiger partial charge in [-0.2, -0.15) is 0 Å². The van der Waals surface area contributed by atoms with E-state index in [9.17, 15) is 4.79 Å². The summed E-state index contributed by atoms with van der Waals surface area (Å²) in [4.78, 5) is 14.9. The molecule has 1 amide bonds. The first-order valence-electron chi connectivity index (χ1n) is 3.50. The van der Waals surface area contributed by atoms with E-state index in [4.69, 9.17) is 14.6 Å². The minimum absolute atomic E-state index is 0.0460. The second-order valence-electron chi connectivity index (χ2n) is 2.29. The molecule has 6 nitrogen and oxygen atoms in total. The molecule has 13 heavy (non-hydrogen) atoms. The number of ether oxygens (including phenoxy) is 2. The van der Waals surface area contributed by atoms with Crippen LogP contribution in [-0.2, 0) is 14.3 Å². The van der Waals surface area contributed by atoms with Gasteiger partial charge >= 0.3 is 6.03 Å². The number of hydrogen-bond donors (Lipinski definition) is 2. The molecule has 0 spiro atoms. The van der Waals surface area contributed by atoms with E-state index in [-0.39, 0.29) is 5.57 Å². The molecule has 0 aromatic heterocycles. The SMILES string of the molecule is COC1(OC)N=CC(=CO)C(=O)N1. The van der Waals surface area contributed by atoms with E-state index in [1.807, 2.05) is 0 Å². The topological polar surface area (TPSA) is 80.2 Å². The van der Waals surface area contributed by atoms with Crippen molar-refractivity contribution in [2.24, 2.45) is 4.99 Å². The normalized spacial score (nSPS) is 23.2. The van der Waals surface area contributed by atoms with Crippen molar-refractivity contribution in [3.8, 4) is 0 Å². The minimum Gasteiger partial charge on any atom is -0.515 e. The highest BCUT2D eigenvalue weighted by atomic mass is 16.7. The Labute approximate surface area is 74.9 Å². The second kappa shape index (κ2) is 3.55. The molecular formula is C7H10N2O4. The van der Waals surface area contributed by atoms with Gasteiger partial charge in [-0.05, 0) is 0 Å². The van der Waals surface area contributed by atoms with Gasteiger partial charge in [-0.25, -0.2) is 4.99 Å². The Morgan fingerprint density at radius 1 is 1.62 bits per heavy atom. The van der Waals surface area contributed by atoms with Gasteiger partial charge in [0.2, 0.25) is 0 Å². The van der Waals surface area contributed by atoms with Crippen molar-refractivity contribution in [2.45, 2.75) is 6.03 Å². The molecule has 0 radical (unpaired) electrons. The van der Waals surface area contributed by atoms with E-state index in [0.717, 1.165) is 0 Å². The number of methoxy groups -OCH3 is 2. The van der Waals surface area contributed by atoms with E-state index >= 15 is 0 Å². The zero-order chi connectivity index (χ0) is 9.90. The van der Waals surface area contributed by atoms with Crippen LogP contribution in [0.4, 0.5) is 0 Å². The van der Waals surface area contributed by atoms with Crippen LogP contribution in [0.3, 0.4) is 0 Å². The zero-order valence-electron chi connectivity index (χ0n) is 7.27. The molecule has 0 fully saturated rings. The molecular weight excluding hydrogens is 176 g/mol. The molecule has 0 saturated carbocycles. The van der Waals surface area contributed by atoms with Crippen molar-refractivity contribution in [1.82, 2.24) is 5.32 Å². The predicted octanol–water partition coefficient (Wildman–Crippen LogP) is -0.467. The first-order valence-corrected chi connectivity index (χ1v) is 3.50. The third-order valence-corrected chi connectivity index (χ3v) is 1.60. The Morgan fingerprint density at radius 2 is 2.23 bits per heavy atom. The molecule has 2 N–H and O–H groups in total. The van der Waals surface area contributed by atoms with Gasteiger partial charge in [0.25, 0.3) is 5.91 Å². The summed E-state index contributed by atoms with van der Waals surface area (Å²) in [7, 11) is 2.68. The summed E-state index contributed by atoms with van der Waals surface area (Å²) in [5.41, 5.74) is 0.0460. The zero-order valence-corrected chi connectivity index (χ0v) is 7.27. The highest BCUT2D eigenvalue weighted by Crippen LogP contribution is 2.13. The average Bonchev–Trinajstić information content (AvgIpc) is 2.17. The van der Waals surface area contributed by atoms with Crippen molar-refractivity contribution in [2.75, 3.05) is 14.2 Å². The molecule has 0 unspecified atom stereocenters. The quantitative estimate of drug-likeness (QED) is 0.347. The van der Waals surface area contributed by atoms with E-state index < -0.39 is 11.9 Å². The van der Waals surface area contributed by atoms with Crippen molar-refractivity contribution in [3.05, 3.63) is 11.8 Å². The van der Waals surface area contributed by atoms with Crippen molar-refractivity contribution < 1.29 is 19.4 Å². The molecule has 1 rings (SSSR count). The van der Waals surface area contributed by atoms with E-state index in [2.05, 4.69) is 10.3 Å². The Kier molecular flexibility index (Phi) is 2.64. The van der Waals surface area contributed by atoms with Crippen LogP contribution in [0.1, 0.15) is 0 Å². The standard InChI is InChI=1S/C7H10N2O4/c1-12-7(13-2)8-3-5(4-10)6(11)9-7/h3-4,10H,1-2H3,(H,9,11). The lowest BCUT2D eigenvalue weighted by molar-refractivity contribution is -0.220. The summed E-state index contributed by atoms with van der Waals surface area (Å²) in [6.07, 6.45) is 1.83. The molecule has 0 bridgehead atoms. The maximum absolute atomic E-state index is 11.2. The van der Waals surface area contributed by atoms with Gasteiger partial charge in [-0.1, -0.05) is 0 Å². The Morgan fingerprint density at radius 3 is 2.62 bits per heavy atom. The number of nitrogens with one attached hydrogen (secondary N) is 1. The molecule has 0 aliphatic carbocycles. The number of carbonyl (C=O) groups excluding carboxylic acids is 1. The Balaban J connectivity index is 2.94. The van der Waals surface area contributed by atoms with Gasteiger partial charge in [0.1, 0.15) is 0 Å². The summed E-state index contributed by atoms with van der Waals surface area (Å²) in [5.74, 6) is -0.513. The maximum Gasteiger partial charge on any atom is 0.360 e. The van der Waals surface area contributed by atoms with Crippen LogP contribution in [0.5, 0.6) is 0 Å². The second-order valence-corrected chi connectivity index (χ2v) is 2.29. The summed E-state index contributed by atoms with van der Waals surface area (Å²) >= 11 is 0. The Hall–Kier alpha value is -1.40. The highest BCUT2D eigenvalue weighted by Gasteiger charge is 2.35. The van der Waals surface area contributed by atoms with Crippen LogP contribution >= 0.6 is 0 Å². The van der Waals surface area contributed by atoms with Crippen LogP contribution in [0.15, 0.2) is 16.8 Å². The summed E-state index contributed by atoms with van der Waals surface area (Å²) in [6, 6.07) is -1.47. The summed E-state index contributed by atoms with van der Waals surface area (Å²) in [6.45, 7) is 0. The molecule has 6 heteroatoms. The average molecular weight is 186 g/mol. The third-order valence-electron chi connectivity index (χ3n) is 1.60. The number of hydrogen-bond acceptors (Lipinski definition) is 5. The monoisotopic (exact) mass is 186 g/mol. The molecule has 1 aliphatic heterocycles. The van der Waals surface area contributed by atoms with Crippen molar-refractivity contribution >= 4 is 12.1 Å². The number of aliphatic hydroxyl groups excluding tert-OH is 1. The van der Waals surface area contributed by atoms with Gasteiger partial charge in [0.15, 0.2) is 0 Å². The lowest BCUT2D eigenvalue weighted by Gasteiger charge is -2.29. The molecule has 1 heterocycles. The molecule has 0 aromatic carbocycles. The number of nitrogens with zero attached hydrogens (tertiary/aromatic N) is 1. The highest BCUT2D eigenvalue weighted by molar-refractivity contribution is 6.13. The minimum atomic E-state index is -1.47. The molecule has 72 valence electrons. The fraction of sp³-hybridized carbons (Fsp3) is 0.429. The molecule has 1 aliphatic rings. The number of amides is 1. The van der Waals surface area contributed by atoms with E-state index in [0.29, 0.717) is 6.26 Å². The third kappa shape index (κ3) is 1.68. The van der Waals surface area contributed by atoms with Crippen molar-refractivity contribution in [3.63, 3.8) is 0 Å². The van der Waals surface area contributed by atoms with Gasteiger partial charge in [0, 0.05) is 20.4 Å². The van der Waals surface area contributed by atoms with Crippen LogP contribution in [0, 0.1) is 0 Å². The lowest BCUT2D eigenvalue weighted by Crippen LogP contribution is -2.53. The number of rotatable bonds is 2. The van der Waals surface area contributed by atoms with Crippen LogP contribution in [-0.4, -0.2) is 37.5 Å². The summed E-state index contributed by atoms with van der Waals surface area (Å²) < 4.78 is 9.66. The molecule has 0 aromatic rings. The number of carbonyl (C=O) groups is 1.